The highest BCUT2D eigenvalue weighted by molar-refractivity contribution is 5.52. The summed E-state index contributed by atoms with van der Waals surface area (Å²) in [5, 5.41) is 0. The van der Waals surface area contributed by atoms with Crippen molar-refractivity contribution in [3.05, 3.63) is 29.8 Å². The topological polar surface area (TPSA) is 30.0 Å². The number of benzene rings is 1. The van der Waals surface area contributed by atoms with Crippen LogP contribution in [0.15, 0.2) is 24.3 Å². The van der Waals surface area contributed by atoms with Crippen LogP contribution in [0.25, 0.3) is 0 Å². The number of nitrogens with zero attached hydrogens (tertiary/aromatic N) is 1. The van der Waals surface area contributed by atoms with Gasteiger partial charge in [0.15, 0.2) is 0 Å². The predicted octanol–water partition coefficient (Wildman–Crippen LogP) is 3.00. The lowest BCUT2D eigenvalue weighted by Crippen LogP contribution is -2.37. The summed E-state index contributed by atoms with van der Waals surface area (Å²) < 4.78 is 0.882. The molecule has 0 aliphatic heterocycles. The summed E-state index contributed by atoms with van der Waals surface area (Å²) in [6, 6.07) is 8.70. The molecule has 1 aromatic rings. The van der Waals surface area contributed by atoms with Crippen LogP contribution in [-0.2, 0) is 5.41 Å². The van der Waals surface area contributed by atoms with Crippen LogP contribution < -0.4 is 4.48 Å². The molecule has 0 bridgehead atoms. The van der Waals surface area contributed by atoms with Crippen molar-refractivity contribution in [2.45, 2.75) is 26.2 Å². The smallest absolute Gasteiger partial charge is 0.135 e. The van der Waals surface area contributed by atoms with Gasteiger partial charge in [-0.05, 0) is 11.5 Å². The van der Waals surface area contributed by atoms with Crippen LogP contribution >= 0.6 is 0 Å². The third-order valence-corrected chi connectivity index (χ3v) is 2.43. The lowest BCUT2D eigenvalue weighted by Gasteiger charge is -2.30. The molecule has 2 nitrogen and oxygen atoms in total. The molecule has 1 rings (SSSR count). The van der Waals surface area contributed by atoms with Gasteiger partial charge in [0.1, 0.15) is 5.69 Å². The molecule has 0 amide bonds. The lowest BCUT2D eigenvalue weighted by molar-refractivity contribution is 0.466. The molecule has 0 atom stereocenters. The number of hydrogen-bond acceptors (Lipinski definition) is 1. The van der Waals surface area contributed by atoms with Gasteiger partial charge in [0.05, 0.1) is 21.1 Å². The molecule has 0 aromatic heterocycles. The summed E-state index contributed by atoms with van der Waals surface area (Å²) >= 11 is 0. The van der Waals surface area contributed by atoms with E-state index in [2.05, 4.69) is 66.2 Å². The molecular formula is C13H23NO. The molecule has 0 radical (unpaired) electrons. The van der Waals surface area contributed by atoms with E-state index in [1.54, 1.807) is 0 Å². The summed E-state index contributed by atoms with van der Waals surface area (Å²) in [6.07, 6.45) is 0. The highest BCUT2D eigenvalue weighted by Gasteiger charge is 2.24. The highest BCUT2D eigenvalue weighted by atomic mass is 16.0. The molecule has 0 saturated carbocycles. The van der Waals surface area contributed by atoms with E-state index in [-0.39, 0.29) is 10.9 Å². The van der Waals surface area contributed by atoms with Gasteiger partial charge in [-0.15, -0.1) is 0 Å². The van der Waals surface area contributed by atoms with Gasteiger partial charge < -0.3 is 5.48 Å². The second kappa shape index (κ2) is 4.33. The third-order valence-electron chi connectivity index (χ3n) is 2.43. The van der Waals surface area contributed by atoms with Gasteiger partial charge in [-0.2, -0.15) is 0 Å². The van der Waals surface area contributed by atoms with E-state index >= 15 is 0 Å². The minimum Gasteiger partial charge on any atom is -0.870 e. The maximum absolute atomic E-state index is 2.27. The minimum atomic E-state index is 0. The van der Waals surface area contributed by atoms with Crippen molar-refractivity contribution < 1.29 is 5.48 Å². The highest BCUT2D eigenvalue weighted by Crippen LogP contribution is 2.32. The first-order valence-corrected chi connectivity index (χ1v) is 5.14. The van der Waals surface area contributed by atoms with E-state index in [0.717, 1.165) is 4.48 Å². The first kappa shape index (κ1) is 14.1. The predicted molar refractivity (Wildman–Crippen MR) is 66.6 cm³/mol. The first-order chi connectivity index (χ1) is 6.23. The third kappa shape index (κ3) is 3.33. The Morgan fingerprint density at radius 3 is 1.73 bits per heavy atom. The van der Waals surface area contributed by atoms with Gasteiger partial charge >= 0.3 is 0 Å². The van der Waals surface area contributed by atoms with E-state index in [0.29, 0.717) is 0 Å². The monoisotopic (exact) mass is 209 g/mol. The van der Waals surface area contributed by atoms with Crippen molar-refractivity contribution in [3.63, 3.8) is 0 Å². The Kier molecular flexibility index (Phi) is 4.08. The normalized spacial score (nSPS) is 12.1. The van der Waals surface area contributed by atoms with Gasteiger partial charge in [0, 0.05) is 5.56 Å². The van der Waals surface area contributed by atoms with Crippen LogP contribution in [0.4, 0.5) is 5.69 Å². The molecule has 0 spiro atoms. The van der Waals surface area contributed by atoms with Gasteiger partial charge in [0.2, 0.25) is 0 Å². The molecule has 2 heteroatoms. The largest absolute Gasteiger partial charge is 0.870 e. The maximum Gasteiger partial charge on any atom is 0.135 e. The van der Waals surface area contributed by atoms with E-state index in [1.165, 1.54) is 11.3 Å². The molecule has 0 fully saturated rings. The minimum absolute atomic E-state index is 0. The average Bonchev–Trinajstić information content (AvgIpc) is 2.01. The van der Waals surface area contributed by atoms with Crippen molar-refractivity contribution in [1.29, 1.82) is 0 Å². The second-order valence-corrected chi connectivity index (χ2v) is 5.78. The van der Waals surface area contributed by atoms with Crippen LogP contribution in [-0.4, -0.2) is 26.6 Å². The molecule has 1 N–H and O–H groups in total. The molecule has 0 aliphatic rings. The van der Waals surface area contributed by atoms with Crippen LogP contribution in [0.5, 0.6) is 0 Å². The number of para-hydroxylation sites is 1. The zero-order chi connectivity index (χ0) is 11.0. The maximum atomic E-state index is 2.27. The van der Waals surface area contributed by atoms with Crippen LogP contribution in [0.2, 0.25) is 0 Å². The van der Waals surface area contributed by atoms with Gasteiger partial charge in [-0.25, -0.2) is 0 Å². The van der Waals surface area contributed by atoms with Crippen molar-refractivity contribution in [3.8, 4) is 0 Å². The quantitative estimate of drug-likeness (QED) is 0.654. The van der Waals surface area contributed by atoms with Crippen LogP contribution in [0.1, 0.15) is 26.3 Å². The Labute approximate surface area is 93.4 Å². The summed E-state index contributed by atoms with van der Waals surface area (Å²) in [6.45, 7) is 6.80. The Hall–Kier alpha value is -0.860. The SMILES string of the molecule is CC(C)(C)c1ccccc1[N+](C)(C)C.[OH-]. The van der Waals surface area contributed by atoms with E-state index in [4.69, 9.17) is 0 Å². The fourth-order valence-corrected chi connectivity index (χ4v) is 1.69. The van der Waals surface area contributed by atoms with E-state index < -0.39 is 0 Å². The Balaban J connectivity index is 0.00000196. The number of quaternary nitrogens is 1. The van der Waals surface area contributed by atoms with E-state index in [1.807, 2.05) is 0 Å². The van der Waals surface area contributed by atoms with E-state index in [9.17, 15) is 0 Å². The molecule has 0 saturated heterocycles. The van der Waals surface area contributed by atoms with Crippen LogP contribution in [0.3, 0.4) is 0 Å². The summed E-state index contributed by atoms with van der Waals surface area (Å²) in [5.41, 5.74) is 3.06. The lowest BCUT2D eigenvalue weighted by atomic mass is 9.85. The molecule has 1 aromatic carbocycles. The number of rotatable bonds is 1. The van der Waals surface area contributed by atoms with Gasteiger partial charge in [0.25, 0.3) is 0 Å². The molecule has 0 aliphatic carbocycles. The molecular weight excluding hydrogens is 186 g/mol. The average molecular weight is 209 g/mol. The molecule has 0 unspecified atom stereocenters. The summed E-state index contributed by atoms with van der Waals surface area (Å²) in [4.78, 5) is 0. The first-order valence-electron chi connectivity index (χ1n) is 5.14. The van der Waals surface area contributed by atoms with Gasteiger partial charge in [-0.1, -0.05) is 39.0 Å². The molecule has 0 heterocycles. The standard InChI is InChI=1S/C13H22N.H2O/c1-13(2,3)11-9-7-8-10-12(11)14(4,5)6;/h7-10H,1-6H3;1H2/q+1;/p-1. The van der Waals surface area contributed by atoms with Crippen molar-refractivity contribution >= 4 is 5.69 Å². The Bertz CT molecular complexity index is 285. The fraction of sp³-hybridized carbons (Fsp3) is 0.538. The van der Waals surface area contributed by atoms with Crippen molar-refractivity contribution in [2.24, 2.45) is 0 Å². The second-order valence-electron chi connectivity index (χ2n) is 5.78. The Morgan fingerprint density at radius 1 is 0.933 bits per heavy atom. The fourth-order valence-electron chi connectivity index (χ4n) is 1.69. The van der Waals surface area contributed by atoms with Crippen molar-refractivity contribution in [1.82, 2.24) is 4.48 Å². The summed E-state index contributed by atoms with van der Waals surface area (Å²) in [7, 11) is 6.64. The zero-order valence-electron chi connectivity index (χ0n) is 10.7. The molecule has 86 valence electrons. The van der Waals surface area contributed by atoms with Crippen molar-refractivity contribution in [2.75, 3.05) is 21.1 Å². The molecule has 15 heavy (non-hydrogen) atoms. The van der Waals surface area contributed by atoms with Gasteiger partial charge in [-0.3, -0.25) is 4.48 Å². The zero-order valence-corrected chi connectivity index (χ0v) is 10.7. The Morgan fingerprint density at radius 2 is 1.40 bits per heavy atom. The van der Waals surface area contributed by atoms with Crippen LogP contribution in [0, 0.1) is 0 Å². The number of hydrogen-bond donors (Lipinski definition) is 0. The summed E-state index contributed by atoms with van der Waals surface area (Å²) in [5.74, 6) is 0.